The highest BCUT2D eigenvalue weighted by Crippen LogP contribution is 2.24. The highest BCUT2D eigenvalue weighted by atomic mass is 32.2. The van der Waals surface area contributed by atoms with Gasteiger partial charge in [0.25, 0.3) is 0 Å². The molecular formula is C10H20N4S. The molecule has 4 nitrogen and oxygen atoms in total. The Morgan fingerprint density at radius 3 is 2.87 bits per heavy atom. The number of nitrogens with two attached hydrogens (primary N) is 1. The monoisotopic (exact) mass is 228 g/mol. The zero-order chi connectivity index (χ0) is 11.3. The number of anilines is 1. The summed E-state index contributed by atoms with van der Waals surface area (Å²) in [6, 6.07) is 0. The number of hydrogen-bond donors (Lipinski definition) is 1. The van der Waals surface area contributed by atoms with E-state index < -0.39 is 0 Å². The molecule has 0 atom stereocenters. The molecule has 1 aromatic rings. The van der Waals surface area contributed by atoms with Gasteiger partial charge in [0.05, 0.1) is 17.6 Å². The maximum absolute atomic E-state index is 5.99. The average molecular weight is 228 g/mol. The topological polar surface area (TPSA) is 47.1 Å². The fraction of sp³-hybridized carbons (Fsp3) is 0.700. The third-order valence-electron chi connectivity index (χ3n) is 2.07. The van der Waals surface area contributed by atoms with Crippen molar-refractivity contribution in [3.63, 3.8) is 0 Å². The average Bonchev–Trinajstić information content (AvgIpc) is 2.54. The molecule has 0 unspecified atom stereocenters. The van der Waals surface area contributed by atoms with E-state index in [1.54, 1.807) is 11.8 Å². The van der Waals surface area contributed by atoms with Crippen LogP contribution in [0, 0.1) is 0 Å². The van der Waals surface area contributed by atoms with E-state index in [2.05, 4.69) is 16.9 Å². The van der Waals surface area contributed by atoms with Crippen LogP contribution < -0.4 is 5.73 Å². The molecule has 0 spiro atoms. The van der Waals surface area contributed by atoms with Gasteiger partial charge in [-0.1, -0.05) is 6.92 Å². The highest BCUT2D eigenvalue weighted by molar-refractivity contribution is 7.99. The van der Waals surface area contributed by atoms with Gasteiger partial charge in [0.2, 0.25) is 0 Å². The molecule has 0 aliphatic carbocycles. The number of nitrogen functional groups attached to an aromatic ring is 1. The fourth-order valence-corrected chi connectivity index (χ4v) is 1.97. The molecule has 0 radical (unpaired) electrons. The van der Waals surface area contributed by atoms with Gasteiger partial charge < -0.3 is 10.6 Å². The molecule has 1 aromatic heterocycles. The lowest BCUT2D eigenvalue weighted by Crippen LogP contribution is -2.19. The van der Waals surface area contributed by atoms with Gasteiger partial charge in [0.15, 0.2) is 0 Å². The number of nitrogens with zero attached hydrogens (tertiary/aromatic N) is 3. The molecule has 0 amide bonds. The summed E-state index contributed by atoms with van der Waals surface area (Å²) < 4.78 is 1.87. The van der Waals surface area contributed by atoms with Crippen molar-refractivity contribution in [2.75, 3.05) is 32.1 Å². The van der Waals surface area contributed by atoms with E-state index in [4.69, 9.17) is 5.73 Å². The van der Waals surface area contributed by atoms with Gasteiger partial charge in [0, 0.05) is 6.54 Å². The summed E-state index contributed by atoms with van der Waals surface area (Å²) in [5, 5.41) is 4.28. The molecule has 0 aliphatic heterocycles. The summed E-state index contributed by atoms with van der Waals surface area (Å²) in [6.07, 6.45) is 3.03. The first-order chi connectivity index (χ1) is 7.15. The minimum absolute atomic E-state index is 0.801. The number of hydrogen-bond acceptors (Lipinski definition) is 4. The van der Waals surface area contributed by atoms with E-state index in [9.17, 15) is 0 Å². The highest BCUT2D eigenvalue weighted by Gasteiger charge is 2.07. The van der Waals surface area contributed by atoms with Crippen LogP contribution in [0.15, 0.2) is 11.1 Å². The van der Waals surface area contributed by atoms with Crippen LogP contribution in [0.4, 0.5) is 5.82 Å². The Kier molecular flexibility index (Phi) is 4.98. The first-order valence-corrected chi connectivity index (χ1v) is 6.22. The van der Waals surface area contributed by atoms with Gasteiger partial charge in [-0.3, -0.25) is 0 Å². The van der Waals surface area contributed by atoms with Gasteiger partial charge in [-0.15, -0.1) is 11.8 Å². The molecule has 0 bridgehead atoms. The van der Waals surface area contributed by atoms with Crippen molar-refractivity contribution < 1.29 is 0 Å². The van der Waals surface area contributed by atoms with Crippen LogP contribution >= 0.6 is 11.8 Å². The second kappa shape index (κ2) is 6.02. The van der Waals surface area contributed by atoms with E-state index >= 15 is 0 Å². The minimum Gasteiger partial charge on any atom is -0.383 e. The normalized spacial score (nSPS) is 11.2. The molecule has 86 valence electrons. The standard InChI is InChI=1S/C10H20N4S/c1-4-7-15-9-8-12-14(10(9)11)6-5-13(2)3/h8H,4-7,11H2,1-3H3. The first kappa shape index (κ1) is 12.4. The van der Waals surface area contributed by atoms with Crippen molar-refractivity contribution in [2.24, 2.45) is 0 Å². The van der Waals surface area contributed by atoms with Crippen molar-refractivity contribution in [1.82, 2.24) is 14.7 Å². The predicted molar refractivity (Wildman–Crippen MR) is 66.2 cm³/mol. The molecule has 1 heterocycles. The quantitative estimate of drug-likeness (QED) is 0.750. The van der Waals surface area contributed by atoms with Crippen molar-refractivity contribution in [1.29, 1.82) is 0 Å². The Bertz CT molecular complexity index is 296. The van der Waals surface area contributed by atoms with Gasteiger partial charge in [0.1, 0.15) is 5.82 Å². The Morgan fingerprint density at radius 1 is 1.53 bits per heavy atom. The maximum Gasteiger partial charge on any atom is 0.135 e. The van der Waals surface area contributed by atoms with E-state index in [-0.39, 0.29) is 0 Å². The van der Waals surface area contributed by atoms with Crippen molar-refractivity contribution in [3.8, 4) is 0 Å². The lowest BCUT2D eigenvalue weighted by atomic mass is 10.5. The zero-order valence-corrected chi connectivity index (χ0v) is 10.5. The Hall–Kier alpha value is -0.680. The molecule has 2 N–H and O–H groups in total. The van der Waals surface area contributed by atoms with Gasteiger partial charge in [-0.25, -0.2) is 4.68 Å². The van der Waals surface area contributed by atoms with Crippen LogP contribution in [0.1, 0.15) is 13.3 Å². The minimum atomic E-state index is 0.801. The van der Waals surface area contributed by atoms with Gasteiger partial charge in [-0.2, -0.15) is 5.10 Å². The molecule has 5 heteroatoms. The second-order valence-corrected chi connectivity index (χ2v) is 4.91. The SMILES string of the molecule is CCCSc1cnn(CCN(C)C)c1N. The summed E-state index contributed by atoms with van der Waals surface area (Å²) in [5.41, 5.74) is 5.99. The summed E-state index contributed by atoms with van der Waals surface area (Å²) in [7, 11) is 4.10. The Labute approximate surface area is 95.8 Å². The first-order valence-electron chi connectivity index (χ1n) is 5.24. The lowest BCUT2D eigenvalue weighted by Gasteiger charge is -2.10. The van der Waals surface area contributed by atoms with Crippen LogP contribution in [-0.2, 0) is 6.54 Å². The molecule has 0 aliphatic rings. The molecule has 0 aromatic carbocycles. The lowest BCUT2D eigenvalue weighted by molar-refractivity contribution is 0.375. The van der Waals surface area contributed by atoms with Crippen molar-refractivity contribution in [3.05, 3.63) is 6.20 Å². The molecule has 15 heavy (non-hydrogen) atoms. The second-order valence-electron chi connectivity index (χ2n) is 3.77. The zero-order valence-electron chi connectivity index (χ0n) is 9.73. The fourth-order valence-electron chi connectivity index (χ4n) is 1.17. The maximum atomic E-state index is 5.99. The molecule has 0 saturated carbocycles. The third-order valence-corrected chi connectivity index (χ3v) is 3.30. The van der Waals surface area contributed by atoms with Gasteiger partial charge in [-0.05, 0) is 26.3 Å². The predicted octanol–water partition coefficient (Wildman–Crippen LogP) is 1.53. The van der Waals surface area contributed by atoms with Crippen LogP contribution in [0.5, 0.6) is 0 Å². The summed E-state index contributed by atoms with van der Waals surface area (Å²) in [6.45, 7) is 3.98. The van der Waals surface area contributed by atoms with Crippen molar-refractivity contribution in [2.45, 2.75) is 24.8 Å². The van der Waals surface area contributed by atoms with Crippen LogP contribution in [0.3, 0.4) is 0 Å². The number of aromatic nitrogens is 2. The van der Waals surface area contributed by atoms with E-state index in [0.717, 1.165) is 36.0 Å². The van der Waals surface area contributed by atoms with Gasteiger partial charge >= 0.3 is 0 Å². The summed E-state index contributed by atoms with van der Waals surface area (Å²) >= 11 is 1.78. The number of rotatable bonds is 6. The Morgan fingerprint density at radius 2 is 2.27 bits per heavy atom. The van der Waals surface area contributed by atoms with Crippen LogP contribution in [-0.4, -0.2) is 41.1 Å². The van der Waals surface area contributed by atoms with E-state index in [1.807, 2.05) is 25.0 Å². The summed E-state index contributed by atoms with van der Waals surface area (Å²) in [4.78, 5) is 3.23. The third kappa shape index (κ3) is 3.76. The van der Waals surface area contributed by atoms with Crippen molar-refractivity contribution >= 4 is 17.6 Å². The molecular weight excluding hydrogens is 208 g/mol. The van der Waals surface area contributed by atoms with Crippen LogP contribution in [0.2, 0.25) is 0 Å². The molecule has 0 saturated heterocycles. The smallest absolute Gasteiger partial charge is 0.135 e. The number of likely N-dealkylation sites (N-methyl/N-ethyl adjacent to an activating group) is 1. The van der Waals surface area contributed by atoms with E-state index in [1.165, 1.54) is 0 Å². The van der Waals surface area contributed by atoms with Crippen LogP contribution in [0.25, 0.3) is 0 Å². The molecule has 0 fully saturated rings. The Balaban J connectivity index is 2.54. The molecule has 1 rings (SSSR count). The number of thioether (sulfide) groups is 1. The van der Waals surface area contributed by atoms with E-state index in [0.29, 0.717) is 0 Å². The largest absolute Gasteiger partial charge is 0.383 e. The summed E-state index contributed by atoms with van der Waals surface area (Å²) in [5.74, 6) is 1.90.